The van der Waals surface area contributed by atoms with E-state index in [4.69, 9.17) is 0 Å². The van der Waals surface area contributed by atoms with E-state index in [0.717, 1.165) is 103 Å². The summed E-state index contributed by atoms with van der Waals surface area (Å²) in [5.41, 5.74) is 12.2. The highest BCUT2D eigenvalue weighted by Crippen LogP contribution is 2.45. The Hall–Kier alpha value is -8.22. The molecule has 0 radical (unpaired) electrons. The molecule has 0 aliphatic carbocycles. The minimum Gasteiger partial charge on any atom is -0.311 e. The number of nitrogens with zero attached hydrogens (tertiary/aromatic N) is 2. The molecule has 0 spiro atoms. The fourth-order valence-electron chi connectivity index (χ4n) is 8.01. The summed E-state index contributed by atoms with van der Waals surface area (Å²) in [5.74, 6) is 0. The number of benzene rings is 9. The molecule has 0 saturated heterocycles. The van der Waals surface area contributed by atoms with Crippen LogP contribution in [0.1, 0.15) is 41.4 Å². The van der Waals surface area contributed by atoms with Crippen molar-refractivity contribution in [1.29, 1.82) is 0 Å². The van der Waals surface area contributed by atoms with Gasteiger partial charge in [0.05, 0.1) is 0 Å². The molecule has 0 atom stereocenters. The van der Waals surface area contributed by atoms with Crippen LogP contribution in [-0.4, -0.2) is 25.1 Å². The van der Waals surface area contributed by atoms with E-state index in [-0.39, 0.29) is 0 Å². The fourth-order valence-corrected chi connectivity index (χ4v) is 8.01. The van der Waals surface area contributed by atoms with Crippen LogP contribution in [-0.2, 0) is 0 Å². The first-order valence-electron chi connectivity index (χ1n) is 19.5. The molecule has 0 aliphatic rings. The Morgan fingerprint density at radius 1 is 0.250 bits per heavy atom. The minimum absolute atomic E-state index is 0.593. The molecule has 9 rings (SSSR count). The number of hydrogen-bond acceptors (Lipinski definition) is 6. The van der Waals surface area contributed by atoms with E-state index in [1.54, 1.807) is 48.5 Å². The van der Waals surface area contributed by atoms with Crippen molar-refractivity contribution in [3.8, 4) is 22.3 Å². The van der Waals surface area contributed by atoms with E-state index >= 15 is 0 Å². The number of hydrogen-bond donors (Lipinski definition) is 0. The van der Waals surface area contributed by atoms with Gasteiger partial charge in [0.25, 0.3) is 0 Å². The maximum absolute atomic E-state index is 11.5. The van der Waals surface area contributed by atoms with Crippen molar-refractivity contribution < 1.29 is 19.2 Å². The molecule has 9 aromatic carbocycles. The van der Waals surface area contributed by atoms with Gasteiger partial charge in [-0.1, -0.05) is 72.8 Å². The number of fused-ring (bicyclic) bond motifs is 2. The second-order valence-corrected chi connectivity index (χ2v) is 14.4. The molecule has 0 unspecified atom stereocenters. The van der Waals surface area contributed by atoms with Crippen molar-refractivity contribution in [3.63, 3.8) is 0 Å². The summed E-state index contributed by atoms with van der Waals surface area (Å²) in [4.78, 5) is 50.1. The Balaban J connectivity index is 1.14. The van der Waals surface area contributed by atoms with Gasteiger partial charge in [0.15, 0.2) is 0 Å². The predicted octanol–water partition coefficient (Wildman–Crippen LogP) is 13.5. The van der Waals surface area contributed by atoms with Crippen LogP contribution in [0.4, 0.5) is 34.1 Å². The topological polar surface area (TPSA) is 74.8 Å². The smallest absolute Gasteiger partial charge is 0.150 e. The van der Waals surface area contributed by atoms with E-state index in [0.29, 0.717) is 22.3 Å². The third-order valence-corrected chi connectivity index (χ3v) is 10.9. The van der Waals surface area contributed by atoms with E-state index < -0.39 is 0 Å². The number of carbonyl (C=O) groups is 4. The van der Waals surface area contributed by atoms with Crippen LogP contribution in [0.15, 0.2) is 194 Å². The van der Waals surface area contributed by atoms with Gasteiger partial charge < -0.3 is 9.80 Å². The van der Waals surface area contributed by atoms with E-state index in [1.807, 2.05) is 48.5 Å². The second-order valence-electron chi connectivity index (χ2n) is 14.4. The first kappa shape index (κ1) is 37.4. The third-order valence-electron chi connectivity index (χ3n) is 10.9. The molecule has 9 aromatic rings. The number of rotatable bonds is 12. The van der Waals surface area contributed by atoms with Gasteiger partial charge in [-0.2, -0.15) is 0 Å². The Morgan fingerprint density at radius 3 is 0.650 bits per heavy atom. The summed E-state index contributed by atoms with van der Waals surface area (Å²) < 4.78 is 0. The average Bonchev–Trinajstić information content (AvgIpc) is 3.32. The Labute approximate surface area is 347 Å². The van der Waals surface area contributed by atoms with Crippen LogP contribution in [0.3, 0.4) is 0 Å². The SMILES string of the molecule is O=Cc1ccc(N(c2ccc(C=O)cc2)c2ccc(-c3c4ccccc4c(-c4ccc(N(c5ccc(C=O)cc5)c5ccc(C=O)cc5)cc4)c4ccccc34)cc2)cc1. The molecule has 0 fully saturated rings. The lowest BCUT2D eigenvalue weighted by atomic mass is 9.86. The molecule has 0 saturated carbocycles. The van der Waals surface area contributed by atoms with Crippen LogP contribution < -0.4 is 9.80 Å². The Bertz CT molecular complexity index is 2640. The lowest BCUT2D eigenvalue weighted by Crippen LogP contribution is -2.10. The number of aldehydes is 4. The molecule has 0 aromatic heterocycles. The predicted molar refractivity (Wildman–Crippen MR) is 243 cm³/mol. The van der Waals surface area contributed by atoms with Crippen molar-refractivity contribution >= 4 is 80.8 Å². The lowest BCUT2D eigenvalue weighted by molar-refractivity contribution is 0.111. The average molecular weight is 777 g/mol. The standard InChI is InChI=1S/C54H36N2O4/c57-33-37-9-21-43(22-10-37)55(44-23-11-38(34-58)12-24-44)47-29-17-41(18-30-47)53-49-5-1-2-6-50(49)54(52-8-4-3-7-51(52)53)42-19-31-48(32-20-42)56(45-25-13-39(35-59)14-26-45)46-27-15-40(36-60)16-28-46/h1-36H. The van der Waals surface area contributed by atoms with E-state index in [1.165, 1.54) is 0 Å². The fraction of sp³-hybridized carbons (Fsp3) is 0. The maximum Gasteiger partial charge on any atom is 0.150 e. The van der Waals surface area contributed by atoms with Crippen molar-refractivity contribution in [2.75, 3.05) is 9.80 Å². The van der Waals surface area contributed by atoms with Crippen LogP contribution in [0.5, 0.6) is 0 Å². The molecule has 6 nitrogen and oxygen atoms in total. The first-order chi connectivity index (χ1) is 29.6. The Kier molecular flexibility index (Phi) is 10.2. The summed E-state index contributed by atoms with van der Waals surface area (Å²) in [6.45, 7) is 0. The van der Waals surface area contributed by atoms with Crippen molar-refractivity contribution in [2.24, 2.45) is 0 Å². The van der Waals surface area contributed by atoms with Gasteiger partial charge in [0.1, 0.15) is 25.1 Å². The molecule has 286 valence electrons. The van der Waals surface area contributed by atoms with Crippen LogP contribution in [0.25, 0.3) is 43.8 Å². The summed E-state index contributed by atoms with van der Waals surface area (Å²) in [7, 11) is 0. The quantitative estimate of drug-likeness (QED) is 0.0908. The molecule has 0 aliphatic heterocycles. The molecule has 0 amide bonds. The summed E-state index contributed by atoms with van der Waals surface area (Å²) in [6, 6.07) is 63.9. The van der Waals surface area contributed by atoms with Gasteiger partial charge in [-0.05, 0) is 165 Å². The highest BCUT2D eigenvalue weighted by Gasteiger charge is 2.19. The largest absolute Gasteiger partial charge is 0.311 e. The van der Waals surface area contributed by atoms with E-state index in [9.17, 15) is 19.2 Å². The van der Waals surface area contributed by atoms with E-state index in [2.05, 4.69) is 107 Å². The third kappa shape index (κ3) is 7.03. The lowest BCUT2D eigenvalue weighted by Gasteiger charge is -2.26. The number of carbonyl (C=O) groups excluding carboxylic acids is 4. The van der Waals surface area contributed by atoms with Crippen LogP contribution >= 0.6 is 0 Å². The van der Waals surface area contributed by atoms with Crippen LogP contribution in [0, 0.1) is 0 Å². The molecule has 0 heterocycles. The first-order valence-corrected chi connectivity index (χ1v) is 19.5. The molecule has 0 N–H and O–H groups in total. The van der Waals surface area contributed by atoms with Gasteiger partial charge in [-0.15, -0.1) is 0 Å². The van der Waals surface area contributed by atoms with Crippen molar-refractivity contribution in [1.82, 2.24) is 0 Å². The highest BCUT2D eigenvalue weighted by atomic mass is 16.1. The second kappa shape index (κ2) is 16.3. The van der Waals surface area contributed by atoms with Gasteiger partial charge >= 0.3 is 0 Å². The summed E-state index contributed by atoms with van der Waals surface area (Å²) in [5, 5.41) is 4.50. The monoisotopic (exact) mass is 776 g/mol. The maximum atomic E-state index is 11.5. The van der Waals surface area contributed by atoms with Crippen molar-refractivity contribution in [2.45, 2.75) is 0 Å². The van der Waals surface area contributed by atoms with Gasteiger partial charge in [0.2, 0.25) is 0 Å². The molecular weight excluding hydrogens is 741 g/mol. The molecular formula is C54H36N2O4. The number of anilines is 6. The van der Waals surface area contributed by atoms with Gasteiger partial charge in [-0.3, -0.25) is 19.2 Å². The molecule has 0 bridgehead atoms. The zero-order valence-corrected chi connectivity index (χ0v) is 32.3. The zero-order chi connectivity index (χ0) is 41.0. The highest BCUT2D eigenvalue weighted by molar-refractivity contribution is 6.21. The summed E-state index contributed by atoms with van der Waals surface area (Å²) in [6.07, 6.45) is 3.34. The Morgan fingerprint density at radius 2 is 0.450 bits per heavy atom. The normalized spacial score (nSPS) is 10.9. The van der Waals surface area contributed by atoms with Crippen molar-refractivity contribution in [3.05, 3.63) is 216 Å². The zero-order valence-electron chi connectivity index (χ0n) is 32.3. The summed E-state index contributed by atoms with van der Waals surface area (Å²) >= 11 is 0. The van der Waals surface area contributed by atoms with Crippen LogP contribution in [0.2, 0.25) is 0 Å². The molecule has 6 heteroatoms. The van der Waals surface area contributed by atoms with Gasteiger partial charge in [0, 0.05) is 56.4 Å². The minimum atomic E-state index is 0.593. The molecule has 60 heavy (non-hydrogen) atoms. The van der Waals surface area contributed by atoms with Gasteiger partial charge in [-0.25, -0.2) is 0 Å².